The van der Waals surface area contributed by atoms with Gasteiger partial charge in [-0.05, 0) is 36.2 Å². The van der Waals surface area contributed by atoms with Crippen LogP contribution in [0.25, 0.3) is 0 Å². The fourth-order valence-electron chi connectivity index (χ4n) is 2.86. The summed E-state index contributed by atoms with van der Waals surface area (Å²) >= 11 is 13.2. The minimum atomic E-state index is -0.384. The van der Waals surface area contributed by atoms with Crippen LogP contribution in [0.1, 0.15) is 24.1 Å². The van der Waals surface area contributed by atoms with E-state index in [1.54, 1.807) is 30.1 Å². The molecule has 2 N–H and O–H groups in total. The highest BCUT2D eigenvalue weighted by Crippen LogP contribution is 2.22. The summed E-state index contributed by atoms with van der Waals surface area (Å²) in [5.74, 6) is 0.801. The van der Waals surface area contributed by atoms with Crippen molar-refractivity contribution in [2.24, 2.45) is 0 Å². The molecule has 1 aromatic heterocycles. The molecule has 174 valence electrons. The van der Waals surface area contributed by atoms with Crippen LogP contribution in [0, 0.1) is 0 Å². The number of hydrogen-bond acceptors (Lipinski definition) is 5. The summed E-state index contributed by atoms with van der Waals surface area (Å²) < 4.78 is 5.61. The van der Waals surface area contributed by atoms with E-state index in [4.69, 9.17) is 27.9 Å². The van der Waals surface area contributed by atoms with Crippen molar-refractivity contribution in [2.45, 2.75) is 25.9 Å². The lowest BCUT2D eigenvalue weighted by Crippen LogP contribution is -2.28. The maximum atomic E-state index is 12.4. The second kappa shape index (κ2) is 12.4. The lowest BCUT2D eigenvalue weighted by molar-refractivity contribution is -0.130. The van der Waals surface area contributed by atoms with Crippen molar-refractivity contribution in [2.75, 3.05) is 19.0 Å². The Morgan fingerprint density at radius 1 is 1.12 bits per heavy atom. The highest BCUT2D eigenvalue weighted by atomic mass is 35.5. The molecule has 2 aromatic carbocycles. The number of nitrogens with zero attached hydrogens (tertiary/aromatic N) is 2. The minimum absolute atomic E-state index is 0.00791. The van der Waals surface area contributed by atoms with Gasteiger partial charge in [0, 0.05) is 25.4 Å². The number of amides is 3. The van der Waals surface area contributed by atoms with Crippen LogP contribution in [-0.2, 0) is 17.9 Å². The number of urea groups is 1. The Bertz CT molecular complexity index is 1080. The highest BCUT2D eigenvalue weighted by molar-refractivity contribution is 7.13. The normalized spacial score (nSPS) is 10.5. The Morgan fingerprint density at radius 3 is 2.67 bits per heavy atom. The van der Waals surface area contributed by atoms with Gasteiger partial charge in [-0.25, -0.2) is 9.78 Å². The van der Waals surface area contributed by atoms with Crippen molar-refractivity contribution in [1.82, 2.24) is 15.2 Å². The standard InChI is InChI=1S/C23H24Cl2N4O3S/c1-29(21(30)8-5-11-32-18-6-3-2-4-7-18)14-17-15-33-23(27-17)28-22(31)26-13-16-9-10-19(24)20(25)12-16/h2-4,6-7,9-10,12,15H,5,8,11,13-14H2,1H3,(H2,26,27,28,31). The zero-order valence-electron chi connectivity index (χ0n) is 18.0. The molecule has 0 spiro atoms. The Morgan fingerprint density at radius 2 is 1.91 bits per heavy atom. The van der Waals surface area contributed by atoms with Crippen molar-refractivity contribution >= 4 is 51.6 Å². The van der Waals surface area contributed by atoms with Crippen LogP contribution in [-0.4, -0.2) is 35.5 Å². The number of ether oxygens (including phenoxy) is 1. The van der Waals surface area contributed by atoms with Gasteiger partial charge in [0.05, 0.1) is 28.9 Å². The maximum Gasteiger partial charge on any atom is 0.321 e. The van der Waals surface area contributed by atoms with Crippen molar-refractivity contribution < 1.29 is 14.3 Å². The molecule has 0 unspecified atom stereocenters. The van der Waals surface area contributed by atoms with Gasteiger partial charge >= 0.3 is 6.03 Å². The molecular weight excluding hydrogens is 483 g/mol. The van der Waals surface area contributed by atoms with Gasteiger partial charge in [0.2, 0.25) is 5.91 Å². The highest BCUT2D eigenvalue weighted by Gasteiger charge is 2.13. The lowest BCUT2D eigenvalue weighted by Gasteiger charge is -2.16. The van der Waals surface area contributed by atoms with Gasteiger partial charge in [0.1, 0.15) is 5.75 Å². The third-order valence-corrected chi connectivity index (χ3v) is 6.13. The van der Waals surface area contributed by atoms with E-state index in [1.807, 2.05) is 35.7 Å². The third-order valence-electron chi connectivity index (χ3n) is 4.58. The van der Waals surface area contributed by atoms with Crippen molar-refractivity contribution in [3.8, 4) is 5.75 Å². The quantitative estimate of drug-likeness (QED) is 0.351. The summed E-state index contributed by atoms with van der Waals surface area (Å²) in [6.07, 6.45) is 1.01. The number of anilines is 1. The summed E-state index contributed by atoms with van der Waals surface area (Å²) in [4.78, 5) is 30.5. The smallest absolute Gasteiger partial charge is 0.321 e. The number of carbonyl (C=O) groups is 2. The van der Waals surface area contributed by atoms with Crippen LogP contribution < -0.4 is 15.4 Å². The van der Waals surface area contributed by atoms with Crippen LogP contribution in [0.15, 0.2) is 53.9 Å². The molecule has 3 amide bonds. The molecule has 0 radical (unpaired) electrons. The number of hydrogen-bond donors (Lipinski definition) is 2. The van der Waals surface area contributed by atoms with E-state index in [0.717, 1.165) is 11.3 Å². The van der Waals surface area contributed by atoms with Crippen molar-refractivity contribution in [3.05, 3.63) is 75.2 Å². The zero-order chi connectivity index (χ0) is 23.6. The monoisotopic (exact) mass is 506 g/mol. The molecule has 7 nitrogen and oxygen atoms in total. The molecule has 0 aliphatic heterocycles. The summed E-state index contributed by atoms with van der Waals surface area (Å²) in [6, 6.07) is 14.3. The first-order chi connectivity index (χ1) is 15.9. The molecule has 10 heteroatoms. The van der Waals surface area contributed by atoms with Crippen molar-refractivity contribution in [1.29, 1.82) is 0 Å². The predicted molar refractivity (Wildman–Crippen MR) is 132 cm³/mol. The SMILES string of the molecule is CN(Cc1csc(NC(=O)NCc2ccc(Cl)c(Cl)c2)n1)C(=O)CCCOc1ccccc1. The fraction of sp³-hybridized carbons (Fsp3) is 0.261. The predicted octanol–water partition coefficient (Wildman–Crippen LogP) is 5.59. The van der Waals surface area contributed by atoms with Crippen LogP contribution in [0.5, 0.6) is 5.75 Å². The second-order valence-corrected chi connectivity index (χ2v) is 8.89. The number of rotatable bonds is 10. The van der Waals surface area contributed by atoms with Gasteiger partial charge in [0.25, 0.3) is 0 Å². The molecule has 3 aromatic rings. The molecule has 0 aliphatic carbocycles. The first-order valence-electron chi connectivity index (χ1n) is 10.3. The summed E-state index contributed by atoms with van der Waals surface area (Å²) in [5.41, 5.74) is 1.53. The van der Waals surface area contributed by atoms with Crippen LogP contribution in [0.3, 0.4) is 0 Å². The molecule has 33 heavy (non-hydrogen) atoms. The lowest BCUT2D eigenvalue weighted by atomic mass is 10.2. The first kappa shape index (κ1) is 24.8. The second-order valence-electron chi connectivity index (χ2n) is 7.22. The molecule has 0 aliphatic rings. The summed E-state index contributed by atoms with van der Waals surface area (Å²) in [6.45, 7) is 1.14. The number of halogens is 2. The molecule has 1 heterocycles. The number of carbonyl (C=O) groups excluding carboxylic acids is 2. The van der Waals surface area contributed by atoms with Gasteiger partial charge in [-0.2, -0.15) is 0 Å². The van der Waals surface area contributed by atoms with Gasteiger partial charge in [-0.3, -0.25) is 10.1 Å². The maximum absolute atomic E-state index is 12.4. The van der Waals surface area contributed by atoms with Gasteiger partial charge in [0.15, 0.2) is 5.13 Å². The molecule has 3 rings (SSSR count). The topological polar surface area (TPSA) is 83.6 Å². The fourth-order valence-corrected chi connectivity index (χ4v) is 3.88. The average molecular weight is 507 g/mol. The average Bonchev–Trinajstić information content (AvgIpc) is 3.24. The zero-order valence-corrected chi connectivity index (χ0v) is 20.3. The van der Waals surface area contributed by atoms with E-state index in [0.29, 0.717) is 53.4 Å². The molecule has 0 atom stereocenters. The number of nitrogens with one attached hydrogen (secondary N) is 2. The molecular formula is C23H24Cl2N4O3S. The Labute approximate surface area is 206 Å². The Balaban J connectivity index is 1.37. The van der Waals surface area contributed by atoms with Gasteiger partial charge < -0.3 is 15.0 Å². The van der Waals surface area contributed by atoms with E-state index in [2.05, 4.69) is 15.6 Å². The third kappa shape index (κ3) is 8.24. The molecule has 0 bridgehead atoms. The molecule has 0 fully saturated rings. The minimum Gasteiger partial charge on any atom is -0.494 e. The number of benzene rings is 2. The van der Waals surface area contributed by atoms with E-state index >= 15 is 0 Å². The molecule has 0 saturated heterocycles. The van der Waals surface area contributed by atoms with Crippen molar-refractivity contribution in [3.63, 3.8) is 0 Å². The Hall–Kier alpha value is -2.81. The van der Waals surface area contributed by atoms with E-state index in [-0.39, 0.29) is 11.9 Å². The number of para-hydroxylation sites is 1. The molecule has 0 saturated carbocycles. The first-order valence-corrected chi connectivity index (χ1v) is 11.9. The number of thiazole rings is 1. The largest absolute Gasteiger partial charge is 0.494 e. The van der Waals surface area contributed by atoms with E-state index in [1.165, 1.54) is 11.3 Å². The van der Waals surface area contributed by atoms with Crippen LogP contribution in [0.4, 0.5) is 9.93 Å². The summed E-state index contributed by atoms with van der Waals surface area (Å²) in [7, 11) is 1.73. The van der Waals surface area contributed by atoms with E-state index in [9.17, 15) is 9.59 Å². The van der Waals surface area contributed by atoms with Gasteiger partial charge in [-0.1, -0.05) is 47.5 Å². The summed E-state index contributed by atoms with van der Waals surface area (Å²) in [5, 5.41) is 8.60. The Kier molecular flexibility index (Phi) is 9.35. The van der Waals surface area contributed by atoms with Gasteiger partial charge in [-0.15, -0.1) is 11.3 Å². The van der Waals surface area contributed by atoms with E-state index < -0.39 is 0 Å². The van der Waals surface area contributed by atoms with Crippen LogP contribution in [0.2, 0.25) is 10.0 Å². The number of aromatic nitrogens is 1. The van der Waals surface area contributed by atoms with Crippen LogP contribution >= 0.6 is 34.5 Å².